The van der Waals surface area contributed by atoms with Crippen LogP contribution in [-0.2, 0) is 14.8 Å². The molecule has 1 aliphatic heterocycles. The van der Waals surface area contributed by atoms with E-state index in [4.69, 9.17) is 14.2 Å². The molecule has 218 valence electrons. The van der Waals surface area contributed by atoms with E-state index in [-0.39, 0.29) is 22.2 Å². The number of ether oxygens (including phenoxy) is 3. The smallest absolute Gasteiger partial charge is 0.264 e. The number of amides is 2. The maximum atomic E-state index is 13.9. The van der Waals surface area contributed by atoms with Gasteiger partial charge in [-0.2, -0.15) is 0 Å². The molecule has 2 amide bonds. The number of carbonyl (C=O) groups is 2. The number of nitrogens with zero attached hydrogens (tertiary/aromatic N) is 2. The van der Waals surface area contributed by atoms with Crippen LogP contribution in [0.25, 0.3) is 0 Å². The van der Waals surface area contributed by atoms with E-state index in [9.17, 15) is 18.0 Å². The summed E-state index contributed by atoms with van der Waals surface area (Å²) in [6, 6.07) is 17.4. The number of benzene rings is 3. The van der Waals surface area contributed by atoms with Gasteiger partial charge in [0.05, 0.1) is 42.7 Å². The number of para-hydroxylation sites is 1. The van der Waals surface area contributed by atoms with Crippen LogP contribution in [0.3, 0.4) is 0 Å². The van der Waals surface area contributed by atoms with Crippen LogP contribution in [-0.4, -0.2) is 65.6 Å². The molecule has 0 atom stereocenters. The van der Waals surface area contributed by atoms with Crippen molar-refractivity contribution in [3.8, 4) is 17.2 Å². The fraction of sp³-hybridized carbons (Fsp3) is 0.333. The summed E-state index contributed by atoms with van der Waals surface area (Å²) in [5.41, 5.74) is 0.942. The largest absolute Gasteiger partial charge is 0.494 e. The first-order valence-corrected chi connectivity index (χ1v) is 14.9. The molecule has 41 heavy (non-hydrogen) atoms. The predicted molar refractivity (Wildman–Crippen MR) is 157 cm³/mol. The molecule has 11 heteroatoms. The number of carbonyl (C=O) groups excluding carboxylic acids is 2. The van der Waals surface area contributed by atoms with Crippen molar-refractivity contribution >= 4 is 33.2 Å². The second kappa shape index (κ2) is 13.4. The van der Waals surface area contributed by atoms with Gasteiger partial charge in [0.2, 0.25) is 5.91 Å². The highest BCUT2D eigenvalue weighted by molar-refractivity contribution is 7.92. The van der Waals surface area contributed by atoms with Crippen molar-refractivity contribution in [3.05, 3.63) is 72.3 Å². The Morgan fingerprint density at radius 3 is 2.24 bits per heavy atom. The van der Waals surface area contributed by atoms with Gasteiger partial charge >= 0.3 is 0 Å². The van der Waals surface area contributed by atoms with Gasteiger partial charge < -0.3 is 24.4 Å². The number of methoxy groups -OCH3 is 2. The second-order valence-electron chi connectivity index (χ2n) is 9.40. The van der Waals surface area contributed by atoms with Gasteiger partial charge in [0.15, 0.2) is 11.5 Å². The summed E-state index contributed by atoms with van der Waals surface area (Å²) in [7, 11) is -1.38. The van der Waals surface area contributed by atoms with Gasteiger partial charge in [-0.15, -0.1) is 0 Å². The van der Waals surface area contributed by atoms with E-state index in [0.29, 0.717) is 42.4 Å². The zero-order chi connectivity index (χ0) is 29.4. The Morgan fingerprint density at radius 1 is 0.902 bits per heavy atom. The zero-order valence-corrected chi connectivity index (χ0v) is 24.3. The van der Waals surface area contributed by atoms with E-state index in [0.717, 1.165) is 23.6 Å². The molecule has 1 aliphatic rings. The molecule has 10 nitrogen and oxygen atoms in total. The minimum absolute atomic E-state index is 0.0856. The average molecular weight is 582 g/mol. The number of nitrogens with one attached hydrogen (secondary N) is 1. The van der Waals surface area contributed by atoms with Crippen molar-refractivity contribution < 1.29 is 32.2 Å². The van der Waals surface area contributed by atoms with E-state index in [1.807, 2.05) is 6.92 Å². The predicted octanol–water partition coefficient (Wildman–Crippen LogP) is 4.56. The van der Waals surface area contributed by atoms with E-state index in [2.05, 4.69) is 5.32 Å². The summed E-state index contributed by atoms with van der Waals surface area (Å²) >= 11 is 0. The summed E-state index contributed by atoms with van der Waals surface area (Å²) in [6.45, 7) is 3.08. The molecular formula is C30H35N3O7S. The summed E-state index contributed by atoms with van der Waals surface area (Å²) in [4.78, 5) is 28.3. The van der Waals surface area contributed by atoms with Crippen LogP contribution in [0, 0.1) is 0 Å². The molecule has 1 fully saturated rings. The molecule has 0 radical (unpaired) electrons. The topological polar surface area (TPSA) is 114 Å². The minimum Gasteiger partial charge on any atom is -0.494 e. The Bertz CT molecular complexity index is 1470. The van der Waals surface area contributed by atoms with Crippen LogP contribution < -0.4 is 23.8 Å². The van der Waals surface area contributed by atoms with E-state index in [1.165, 1.54) is 32.4 Å². The first kappa shape index (κ1) is 29.7. The van der Waals surface area contributed by atoms with Gasteiger partial charge in [-0.1, -0.05) is 12.1 Å². The van der Waals surface area contributed by atoms with Crippen molar-refractivity contribution in [2.24, 2.45) is 0 Å². The van der Waals surface area contributed by atoms with Crippen molar-refractivity contribution in [1.82, 2.24) is 4.90 Å². The molecule has 1 saturated heterocycles. The lowest BCUT2D eigenvalue weighted by Crippen LogP contribution is -2.39. The normalized spacial score (nSPS) is 13.3. The SMILES string of the molecule is CCOc1ccc(N(CC(=O)Nc2ccccc2C(=O)N2CCCCC2)S(=O)(=O)c2ccc(OC)c(OC)c2)cc1. The molecule has 1 N–H and O–H groups in total. The van der Waals surface area contributed by atoms with Crippen molar-refractivity contribution in [1.29, 1.82) is 0 Å². The molecule has 3 aromatic rings. The van der Waals surface area contributed by atoms with E-state index < -0.39 is 22.5 Å². The number of sulfonamides is 1. The van der Waals surface area contributed by atoms with Gasteiger partial charge in [-0.3, -0.25) is 13.9 Å². The van der Waals surface area contributed by atoms with Crippen molar-refractivity contribution in [2.75, 3.05) is 50.1 Å². The molecule has 0 bridgehead atoms. The van der Waals surface area contributed by atoms with Crippen LogP contribution in [0.2, 0.25) is 0 Å². The molecular weight excluding hydrogens is 546 g/mol. The monoisotopic (exact) mass is 581 g/mol. The van der Waals surface area contributed by atoms with Crippen LogP contribution in [0.4, 0.5) is 11.4 Å². The number of rotatable bonds is 11. The third-order valence-corrected chi connectivity index (χ3v) is 8.51. The third kappa shape index (κ3) is 6.91. The second-order valence-corrected chi connectivity index (χ2v) is 11.3. The Kier molecular flexibility index (Phi) is 9.72. The van der Waals surface area contributed by atoms with Gasteiger partial charge in [0.1, 0.15) is 12.3 Å². The van der Waals surface area contributed by atoms with E-state index in [1.54, 1.807) is 53.4 Å². The molecule has 0 unspecified atom stereocenters. The molecule has 0 aliphatic carbocycles. The van der Waals surface area contributed by atoms with Crippen molar-refractivity contribution in [2.45, 2.75) is 31.1 Å². The molecule has 3 aromatic carbocycles. The fourth-order valence-electron chi connectivity index (χ4n) is 4.66. The number of likely N-dealkylation sites (tertiary alicyclic amines) is 1. The lowest BCUT2D eigenvalue weighted by atomic mass is 10.1. The Hall–Kier alpha value is -4.25. The quantitative estimate of drug-likeness (QED) is 0.353. The summed E-state index contributed by atoms with van der Waals surface area (Å²) < 4.78 is 44.9. The summed E-state index contributed by atoms with van der Waals surface area (Å²) in [5.74, 6) is 0.389. The maximum absolute atomic E-state index is 13.9. The molecule has 1 heterocycles. The van der Waals surface area contributed by atoms with Crippen molar-refractivity contribution in [3.63, 3.8) is 0 Å². The Balaban J connectivity index is 1.65. The molecule has 0 spiro atoms. The van der Waals surface area contributed by atoms with Gasteiger partial charge in [0.25, 0.3) is 15.9 Å². The Morgan fingerprint density at radius 2 is 1.59 bits per heavy atom. The lowest BCUT2D eigenvalue weighted by Gasteiger charge is -2.28. The standard InChI is InChI=1S/C30H35N3O7S/c1-4-40-23-14-12-22(13-15-23)33(41(36,37)24-16-17-27(38-2)28(20-24)39-3)21-29(34)31-26-11-7-6-10-25(26)30(35)32-18-8-5-9-19-32/h6-7,10-17,20H,4-5,8-9,18-19,21H2,1-3H3,(H,31,34). The highest BCUT2D eigenvalue weighted by Gasteiger charge is 2.29. The number of hydrogen-bond donors (Lipinski definition) is 1. The first-order chi connectivity index (χ1) is 19.8. The van der Waals surface area contributed by atoms with Gasteiger partial charge in [-0.25, -0.2) is 8.42 Å². The zero-order valence-electron chi connectivity index (χ0n) is 23.5. The lowest BCUT2D eigenvalue weighted by molar-refractivity contribution is -0.114. The van der Waals surface area contributed by atoms with Crippen LogP contribution in [0.5, 0.6) is 17.2 Å². The first-order valence-electron chi connectivity index (χ1n) is 13.4. The Labute approximate surface area is 240 Å². The van der Waals surface area contributed by atoms with Gasteiger partial charge in [-0.05, 0) is 74.7 Å². The maximum Gasteiger partial charge on any atom is 0.264 e. The molecule has 4 rings (SSSR count). The number of hydrogen-bond acceptors (Lipinski definition) is 7. The highest BCUT2D eigenvalue weighted by Crippen LogP contribution is 2.33. The summed E-state index contributed by atoms with van der Waals surface area (Å²) in [5, 5.41) is 2.76. The van der Waals surface area contributed by atoms with Gasteiger partial charge in [0, 0.05) is 19.2 Å². The number of piperidine rings is 1. The van der Waals surface area contributed by atoms with E-state index >= 15 is 0 Å². The highest BCUT2D eigenvalue weighted by atomic mass is 32.2. The molecule has 0 saturated carbocycles. The van der Waals surface area contributed by atoms with Crippen LogP contribution in [0.15, 0.2) is 71.6 Å². The number of anilines is 2. The molecule has 0 aromatic heterocycles. The third-order valence-electron chi connectivity index (χ3n) is 6.74. The average Bonchev–Trinajstić information content (AvgIpc) is 3.00. The minimum atomic E-state index is -4.25. The van der Waals surface area contributed by atoms with Crippen LogP contribution >= 0.6 is 0 Å². The van der Waals surface area contributed by atoms with Crippen LogP contribution in [0.1, 0.15) is 36.5 Å². The summed E-state index contributed by atoms with van der Waals surface area (Å²) in [6.07, 6.45) is 2.95. The fourth-order valence-corrected chi connectivity index (χ4v) is 6.10.